The van der Waals surface area contributed by atoms with Crippen LogP contribution < -0.4 is 5.32 Å². The lowest BCUT2D eigenvalue weighted by atomic mass is 9.91. The number of aliphatic hydroxyl groups is 1. The Morgan fingerprint density at radius 3 is 2.65 bits per heavy atom. The van der Waals surface area contributed by atoms with E-state index in [9.17, 15) is 14.7 Å². The largest absolute Gasteiger partial charge is 0.501 e. The van der Waals surface area contributed by atoms with Crippen molar-refractivity contribution in [3.63, 3.8) is 0 Å². The van der Waals surface area contributed by atoms with E-state index in [4.69, 9.17) is 27.9 Å². The second-order valence-electron chi connectivity index (χ2n) is 4.45. The summed E-state index contributed by atoms with van der Waals surface area (Å²) in [5, 5.41) is 12.7. The van der Waals surface area contributed by atoms with Gasteiger partial charge in [0, 0.05) is 22.5 Å². The van der Waals surface area contributed by atoms with Gasteiger partial charge in [-0.25, -0.2) is 0 Å². The monoisotopic (exact) mass is 315 g/mol. The molecule has 1 atom stereocenters. The average Bonchev–Trinajstić information content (AvgIpc) is 2.57. The molecule has 0 fully saturated rings. The zero-order valence-corrected chi connectivity index (χ0v) is 12.2. The lowest BCUT2D eigenvalue weighted by molar-refractivity contribution is -0.132. The van der Waals surface area contributed by atoms with E-state index in [1.807, 2.05) is 0 Å². The average molecular weight is 316 g/mol. The standard InChI is InChI=1S/C13H11Cl2NO4/c1-6(17)16-12-10(18)11(19)13(2,20-12)8-5-7(14)3-4-9(8)15/h3-5,18H,1-2H3,(H,16,17). The third-order valence-electron chi connectivity index (χ3n) is 2.90. The Morgan fingerprint density at radius 1 is 1.40 bits per heavy atom. The van der Waals surface area contributed by atoms with E-state index in [0.29, 0.717) is 10.6 Å². The first-order valence-corrected chi connectivity index (χ1v) is 6.41. The zero-order valence-electron chi connectivity index (χ0n) is 10.7. The van der Waals surface area contributed by atoms with Gasteiger partial charge in [-0.05, 0) is 25.1 Å². The van der Waals surface area contributed by atoms with Crippen LogP contribution in [0.1, 0.15) is 19.4 Å². The first-order chi connectivity index (χ1) is 9.25. The summed E-state index contributed by atoms with van der Waals surface area (Å²) in [5.41, 5.74) is -1.23. The normalized spacial score (nSPS) is 21.9. The molecule has 0 spiro atoms. The topological polar surface area (TPSA) is 75.6 Å². The van der Waals surface area contributed by atoms with Crippen molar-refractivity contribution in [2.45, 2.75) is 19.4 Å². The van der Waals surface area contributed by atoms with Crippen molar-refractivity contribution >= 4 is 34.9 Å². The van der Waals surface area contributed by atoms with Crippen molar-refractivity contribution < 1.29 is 19.4 Å². The van der Waals surface area contributed by atoms with Gasteiger partial charge in [0.2, 0.25) is 23.2 Å². The quantitative estimate of drug-likeness (QED) is 0.879. The highest BCUT2D eigenvalue weighted by molar-refractivity contribution is 6.34. The van der Waals surface area contributed by atoms with Crippen LogP contribution in [0, 0.1) is 0 Å². The summed E-state index contributed by atoms with van der Waals surface area (Å²) >= 11 is 11.9. The maximum atomic E-state index is 12.2. The molecule has 0 aliphatic carbocycles. The third-order valence-corrected chi connectivity index (χ3v) is 3.47. The van der Waals surface area contributed by atoms with E-state index in [1.54, 1.807) is 6.07 Å². The lowest BCUT2D eigenvalue weighted by Gasteiger charge is -2.24. The van der Waals surface area contributed by atoms with Crippen LogP contribution in [0.15, 0.2) is 29.8 Å². The number of ketones is 1. The fourth-order valence-electron chi connectivity index (χ4n) is 1.91. The first-order valence-electron chi connectivity index (χ1n) is 5.66. The van der Waals surface area contributed by atoms with Gasteiger partial charge in [0.1, 0.15) is 0 Å². The molecule has 7 heteroatoms. The van der Waals surface area contributed by atoms with Gasteiger partial charge in [-0.2, -0.15) is 0 Å². The highest BCUT2D eigenvalue weighted by Gasteiger charge is 2.49. The summed E-state index contributed by atoms with van der Waals surface area (Å²) in [6, 6.07) is 4.57. The minimum absolute atomic E-state index is 0.266. The Kier molecular flexibility index (Phi) is 3.67. The molecular weight excluding hydrogens is 305 g/mol. The number of benzene rings is 1. The highest BCUT2D eigenvalue weighted by Crippen LogP contribution is 2.40. The first kappa shape index (κ1) is 14.7. The lowest BCUT2D eigenvalue weighted by Crippen LogP contribution is -2.32. The van der Waals surface area contributed by atoms with E-state index in [2.05, 4.69) is 5.32 Å². The summed E-state index contributed by atoms with van der Waals surface area (Å²) in [5.74, 6) is -2.12. The molecule has 0 saturated heterocycles. The van der Waals surface area contributed by atoms with Crippen LogP contribution >= 0.6 is 23.2 Å². The summed E-state index contributed by atoms with van der Waals surface area (Å²) in [6.07, 6.45) is 0. The summed E-state index contributed by atoms with van der Waals surface area (Å²) in [6.45, 7) is 2.67. The van der Waals surface area contributed by atoms with Gasteiger partial charge in [0.15, 0.2) is 0 Å². The summed E-state index contributed by atoms with van der Waals surface area (Å²) in [4.78, 5) is 23.2. The van der Waals surface area contributed by atoms with E-state index >= 15 is 0 Å². The van der Waals surface area contributed by atoms with Gasteiger partial charge in [-0.3, -0.25) is 14.9 Å². The predicted octanol–water partition coefficient (Wildman–Crippen LogP) is 2.67. The fourth-order valence-corrected chi connectivity index (χ4v) is 2.38. The molecule has 2 rings (SSSR count). The number of aliphatic hydroxyl groups excluding tert-OH is 1. The molecule has 1 aliphatic heterocycles. The number of halogens is 2. The molecule has 106 valence electrons. The van der Waals surface area contributed by atoms with Crippen LogP contribution in [-0.2, 0) is 19.9 Å². The van der Waals surface area contributed by atoms with Crippen molar-refractivity contribution in [1.29, 1.82) is 0 Å². The molecule has 0 radical (unpaired) electrons. The molecule has 5 nitrogen and oxygen atoms in total. The number of nitrogens with one attached hydrogen (secondary N) is 1. The van der Waals surface area contributed by atoms with Crippen molar-refractivity contribution in [2.75, 3.05) is 0 Å². The van der Waals surface area contributed by atoms with Crippen molar-refractivity contribution in [3.8, 4) is 0 Å². The molecule has 1 aromatic carbocycles. The second kappa shape index (κ2) is 5.00. The fraction of sp³-hybridized carbons (Fsp3) is 0.231. The Hall–Kier alpha value is -1.72. The van der Waals surface area contributed by atoms with Gasteiger partial charge in [-0.1, -0.05) is 23.2 Å². The molecule has 0 saturated carbocycles. The van der Waals surface area contributed by atoms with Gasteiger partial charge in [0.05, 0.1) is 0 Å². The number of carbonyl (C=O) groups excluding carboxylic acids is 2. The molecule has 0 aromatic heterocycles. The molecule has 1 heterocycles. The molecule has 1 amide bonds. The van der Waals surface area contributed by atoms with Gasteiger partial charge in [-0.15, -0.1) is 0 Å². The minimum atomic E-state index is -1.54. The number of hydrogen-bond acceptors (Lipinski definition) is 4. The van der Waals surface area contributed by atoms with Gasteiger partial charge in [0.25, 0.3) is 5.78 Å². The molecule has 2 N–H and O–H groups in total. The van der Waals surface area contributed by atoms with E-state index < -0.39 is 23.1 Å². The van der Waals surface area contributed by atoms with Crippen LogP contribution in [0.4, 0.5) is 0 Å². The minimum Gasteiger partial charge on any atom is -0.501 e. The molecule has 0 bridgehead atoms. The zero-order chi connectivity index (χ0) is 15.1. The Labute approximate surface area is 125 Å². The van der Waals surface area contributed by atoms with Gasteiger partial charge < -0.3 is 9.84 Å². The van der Waals surface area contributed by atoms with Crippen LogP contribution in [0.2, 0.25) is 10.0 Å². The number of amides is 1. The number of hydrogen-bond donors (Lipinski definition) is 2. The second-order valence-corrected chi connectivity index (χ2v) is 5.29. The summed E-state index contributed by atoms with van der Waals surface area (Å²) in [7, 11) is 0. The maximum absolute atomic E-state index is 12.2. The van der Waals surface area contributed by atoms with Crippen LogP contribution in [0.5, 0.6) is 0 Å². The number of carbonyl (C=O) groups is 2. The van der Waals surface area contributed by atoms with E-state index in [0.717, 1.165) is 0 Å². The number of Topliss-reactive ketones (excluding diaryl/α,β-unsaturated/α-hetero) is 1. The number of ether oxygens (including phenoxy) is 1. The van der Waals surface area contributed by atoms with Crippen molar-refractivity contribution in [1.82, 2.24) is 5.32 Å². The van der Waals surface area contributed by atoms with Crippen molar-refractivity contribution in [3.05, 3.63) is 45.5 Å². The molecule has 1 aliphatic rings. The molecular formula is C13H11Cl2NO4. The number of rotatable bonds is 2. The summed E-state index contributed by atoms with van der Waals surface area (Å²) < 4.78 is 5.41. The third kappa shape index (κ3) is 2.34. The molecule has 1 unspecified atom stereocenters. The molecule has 1 aromatic rings. The molecule has 20 heavy (non-hydrogen) atoms. The maximum Gasteiger partial charge on any atom is 0.250 e. The smallest absolute Gasteiger partial charge is 0.250 e. The SMILES string of the molecule is CC(=O)NC1=C(O)C(=O)C(C)(c2cc(Cl)ccc2Cl)O1. The van der Waals surface area contributed by atoms with E-state index in [-0.39, 0.29) is 10.9 Å². The predicted molar refractivity (Wildman–Crippen MR) is 73.4 cm³/mol. The van der Waals surface area contributed by atoms with Crippen LogP contribution in [-0.4, -0.2) is 16.8 Å². The highest BCUT2D eigenvalue weighted by atomic mass is 35.5. The Morgan fingerprint density at radius 2 is 2.05 bits per heavy atom. The van der Waals surface area contributed by atoms with Gasteiger partial charge >= 0.3 is 0 Å². The van der Waals surface area contributed by atoms with Crippen LogP contribution in [0.25, 0.3) is 0 Å². The van der Waals surface area contributed by atoms with E-state index in [1.165, 1.54) is 26.0 Å². The van der Waals surface area contributed by atoms with Crippen molar-refractivity contribution in [2.24, 2.45) is 0 Å². The Bertz CT molecular complexity index is 641. The van der Waals surface area contributed by atoms with Crippen LogP contribution in [0.3, 0.4) is 0 Å². The Balaban J connectivity index is 2.46.